The van der Waals surface area contributed by atoms with Crippen molar-refractivity contribution >= 4 is 0 Å². The Labute approximate surface area is 134 Å². The van der Waals surface area contributed by atoms with Gasteiger partial charge in [-0.3, -0.25) is 0 Å². The van der Waals surface area contributed by atoms with Gasteiger partial charge in [-0.15, -0.1) is 0 Å². The molecule has 0 nitrogen and oxygen atoms in total. The van der Waals surface area contributed by atoms with Crippen LogP contribution in [0.4, 0.5) is 0 Å². The standard InChI is InChI=1S/C21H40/c1-7-9-10-19-15-21(19)20(8-2)18(6)14-13-17(5)12-11-16(3)4/h16-17,19-21H,6-15H2,1-5H3. The summed E-state index contributed by atoms with van der Waals surface area (Å²) in [7, 11) is 0. The van der Waals surface area contributed by atoms with E-state index in [9.17, 15) is 0 Å². The van der Waals surface area contributed by atoms with Crippen LogP contribution in [0.15, 0.2) is 12.2 Å². The zero-order valence-electron chi connectivity index (χ0n) is 15.5. The summed E-state index contributed by atoms with van der Waals surface area (Å²) >= 11 is 0. The molecule has 0 aromatic heterocycles. The summed E-state index contributed by atoms with van der Waals surface area (Å²) in [6.45, 7) is 16.2. The van der Waals surface area contributed by atoms with E-state index in [2.05, 4.69) is 41.2 Å². The van der Waals surface area contributed by atoms with E-state index >= 15 is 0 Å². The van der Waals surface area contributed by atoms with Gasteiger partial charge >= 0.3 is 0 Å². The summed E-state index contributed by atoms with van der Waals surface area (Å²) in [5.41, 5.74) is 1.57. The third-order valence-corrected chi connectivity index (χ3v) is 5.58. The summed E-state index contributed by atoms with van der Waals surface area (Å²) in [5, 5.41) is 0. The van der Waals surface area contributed by atoms with Crippen LogP contribution in [0.2, 0.25) is 0 Å². The highest BCUT2D eigenvalue weighted by Crippen LogP contribution is 2.51. The monoisotopic (exact) mass is 292 g/mol. The van der Waals surface area contributed by atoms with Crippen LogP contribution in [0.25, 0.3) is 0 Å². The van der Waals surface area contributed by atoms with Crippen molar-refractivity contribution in [1.29, 1.82) is 0 Å². The highest BCUT2D eigenvalue weighted by atomic mass is 14.5. The molecule has 0 aromatic rings. The highest BCUT2D eigenvalue weighted by Gasteiger charge is 2.41. The Balaban J connectivity index is 2.26. The lowest BCUT2D eigenvalue weighted by Gasteiger charge is -2.20. The van der Waals surface area contributed by atoms with Crippen LogP contribution >= 0.6 is 0 Å². The van der Waals surface area contributed by atoms with Crippen molar-refractivity contribution in [3.8, 4) is 0 Å². The molecule has 0 aliphatic heterocycles. The first-order valence-corrected chi connectivity index (χ1v) is 9.67. The first kappa shape index (κ1) is 18.8. The average molecular weight is 293 g/mol. The second-order valence-electron chi connectivity index (χ2n) is 8.09. The third-order valence-electron chi connectivity index (χ3n) is 5.58. The Hall–Kier alpha value is -0.260. The fourth-order valence-electron chi connectivity index (χ4n) is 3.84. The first-order chi connectivity index (χ1) is 9.99. The molecule has 1 saturated carbocycles. The van der Waals surface area contributed by atoms with Crippen LogP contribution in [-0.2, 0) is 0 Å². The van der Waals surface area contributed by atoms with E-state index in [0.29, 0.717) is 0 Å². The predicted octanol–water partition coefficient (Wildman–Crippen LogP) is 7.25. The van der Waals surface area contributed by atoms with Gasteiger partial charge in [0.15, 0.2) is 0 Å². The minimum absolute atomic E-state index is 0.823. The fraction of sp³-hybridized carbons (Fsp3) is 0.905. The second kappa shape index (κ2) is 9.70. The van der Waals surface area contributed by atoms with E-state index < -0.39 is 0 Å². The van der Waals surface area contributed by atoms with E-state index in [4.69, 9.17) is 0 Å². The molecule has 0 saturated heterocycles. The quantitative estimate of drug-likeness (QED) is 0.332. The van der Waals surface area contributed by atoms with Gasteiger partial charge in [0.05, 0.1) is 0 Å². The molecule has 21 heavy (non-hydrogen) atoms. The average Bonchev–Trinajstić information content (AvgIpc) is 3.20. The summed E-state index contributed by atoms with van der Waals surface area (Å²) in [6, 6.07) is 0. The smallest absolute Gasteiger partial charge is 0.0177 e. The molecule has 0 bridgehead atoms. The van der Waals surface area contributed by atoms with Crippen LogP contribution in [0.3, 0.4) is 0 Å². The molecule has 1 rings (SSSR count). The van der Waals surface area contributed by atoms with E-state index in [-0.39, 0.29) is 0 Å². The van der Waals surface area contributed by atoms with E-state index in [1.54, 1.807) is 5.57 Å². The van der Waals surface area contributed by atoms with E-state index in [0.717, 1.165) is 29.6 Å². The summed E-state index contributed by atoms with van der Waals surface area (Å²) in [6.07, 6.45) is 12.5. The largest absolute Gasteiger partial charge is 0.0996 e. The minimum Gasteiger partial charge on any atom is -0.0996 e. The number of hydrogen-bond donors (Lipinski definition) is 0. The lowest BCUT2D eigenvalue weighted by Crippen LogP contribution is -2.08. The van der Waals surface area contributed by atoms with Gasteiger partial charge in [0.25, 0.3) is 0 Å². The molecule has 124 valence electrons. The molecule has 0 spiro atoms. The molecular formula is C21H40. The molecular weight excluding hydrogens is 252 g/mol. The van der Waals surface area contributed by atoms with Gasteiger partial charge < -0.3 is 0 Å². The molecule has 4 atom stereocenters. The molecule has 0 aromatic carbocycles. The van der Waals surface area contributed by atoms with E-state index in [1.165, 1.54) is 57.8 Å². The van der Waals surface area contributed by atoms with Gasteiger partial charge in [-0.05, 0) is 55.3 Å². The molecule has 1 aliphatic carbocycles. The maximum Gasteiger partial charge on any atom is -0.0177 e. The normalized spacial score (nSPS) is 24.1. The second-order valence-corrected chi connectivity index (χ2v) is 8.09. The maximum atomic E-state index is 4.47. The lowest BCUT2D eigenvalue weighted by atomic mass is 9.85. The van der Waals surface area contributed by atoms with Gasteiger partial charge in [0.2, 0.25) is 0 Å². The number of unbranched alkanes of at least 4 members (excludes halogenated alkanes) is 1. The fourth-order valence-corrected chi connectivity index (χ4v) is 3.84. The van der Waals surface area contributed by atoms with Gasteiger partial charge in [-0.25, -0.2) is 0 Å². The van der Waals surface area contributed by atoms with Crippen molar-refractivity contribution in [3.63, 3.8) is 0 Å². The Kier molecular flexibility index (Phi) is 8.67. The third kappa shape index (κ3) is 7.02. The Bertz CT molecular complexity index is 288. The van der Waals surface area contributed by atoms with Crippen molar-refractivity contribution in [2.75, 3.05) is 0 Å². The molecule has 1 fully saturated rings. The Morgan fingerprint density at radius 1 is 1.10 bits per heavy atom. The zero-order valence-corrected chi connectivity index (χ0v) is 15.5. The topological polar surface area (TPSA) is 0 Å². The van der Waals surface area contributed by atoms with Crippen LogP contribution < -0.4 is 0 Å². The van der Waals surface area contributed by atoms with Crippen molar-refractivity contribution in [1.82, 2.24) is 0 Å². The summed E-state index contributed by atoms with van der Waals surface area (Å²) in [4.78, 5) is 0. The van der Waals surface area contributed by atoms with E-state index in [1.807, 2.05) is 0 Å². The molecule has 0 amide bonds. The van der Waals surface area contributed by atoms with Crippen LogP contribution in [0, 0.1) is 29.6 Å². The summed E-state index contributed by atoms with van der Waals surface area (Å²) in [5.74, 6) is 4.57. The van der Waals surface area contributed by atoms with Gasteiger partial charge in [0.1, 0.15) is 0 Å². The molecule has 1 aliphatic rings. The predicted molar refractivity (Wildman–Crippen MR) is 96.5 cm³/mol. The van der Waals surface area contributed by atoms with Crippen LogP contribution in [0.1, 0.15) is 92.4 Å². The molecule has 0 heteroatoms. The van der Waals surface area contributed by atoms with Crippen molar-refractivity contribution in [2.45, 2.75) is 92.4 Å². The molecule has 0 radical (unpaired) electrons. The number of allylic oxidation sites excluding steroid dienone is 1. The Morgan fingerprint density at radius 2 is 1.81 bits per heavy atom. The zero-order chi connectivity index (χ0) is 15.8. The molecule has 4 unspecified atom stereocenters. The molecule has 0 N–H and O–H groups in total. The first-order valence-electron chi connectivity index (χ1n) is 9.67. The minimum atomic E-state index is 0.823. The van der Waals surface area contributed by atoms with Gasteiger partial charge in [0, 0.05) is 0 Å². The highest BCUT2D eigenvalue weighted by molar-refractivity contribution is 5.08. The van der Waals surface area contributed by atoms with Crippen molar-refractivity contribution in [2.24, 2.45) is 29.6 Å². The Morgan fingerprint density at radius 3 is 2.38 bits per heavy atom. The van der Waals surface area contributed by atoms with Crippen molar-refractivity contribution < 1.29 is 0 Å². The van der Waals surface area contributed by atoms with Gasteiger partial charge in [-0.2, -0.15) is 0 Å². The SMILES string of the molecule is C=C(CCC(C)CCC(C)C)C(CC)C1CC1CCCC. The molecule has 0 heterocycles. The number of rotatable bonds is 12. The number of hydrogen-bond acceptors (Lipinski definition) is 0. The van der Waals surface area contributed by atoms with Gasteiger partial charge in [-0.1, -0.05) is 78.9 Å². The van der Waals surface area contributed by atoms with Crippen molar-refractivity contribution in [3.05, 3.63) is 12.2 Å². The lowest BCUT2D eigenvalue weighted by molar-refractivity contribution is 0.406. The maximum absolute atomic E-state index is 4.47. The van der Waals surface area contributed by atoms with Crippen LogP contribution in [0.5, 0.6) is 0 Å². The van der Waals surface area contributed by atoms with Crippen LogP contribution in [-0.4, -0.2) is 0 Å². The summed E-state index contributed by atoms with van der Waals surface area (Å²) < 4.78 is 0.